The van der Waals surface area contributed by atoms with Gasteiger partial charge in [0.2, 0.25) is 0 Å². The molecular formula is C16H18N6O2S. The van der Waals surface area contributed by atoms with E-state index >= 15 is 0 Å². The maximum absolute atomic E-state index is 12.1. The van der Waals surface area contributed by atoms with E-state index in [2.05, 4.69) is 42.5 Å². The number of aromatic amines is 3. The van der Waals surface area contributed by atoms with E-state index in [1.54, 1.807) is 11.3 Å². The largest absolute Gasteiger partial charge is 0.355 e. The second-order valence-electron chi connectivity index (χ2n) is 6.01. The molecule has 0 atom stereocenters. The van der Waals surface area contributed by atoms with E-state index in [1.165, 1.54) is 11.1 Å². The van der Waals surface area contributed by atoms with E-state index in [9.17, 15) is 9.59 Å². The fraction of sp³-hybridized carbons (Fsp3) is 0.312. The number of hydrogen-bond acceptors (Lipinski definition) is 5. The van der Waals surface area contributed by atoms with Crippen LogP contribution in [-0.2, 0) is 0 Å². The lowest BCUT2D eigenvalue weighted by Crippen LogP contribution is -2.45. The highest BCUT2D eigenvalue weighted by atomic mass is 32.1. The highest BCUT2D eigenvalue weighted by molar-refractivity contribution is 7.13. The molecule has 1 fully saturated rings. The van der Waals surface area contributed by atoms with Crippen molar-refractivity contribution in [3.63, 3.8) is 0 Å². The third-order valence-electron chi connectivity index (χ3n) is 4.35. The molecular weight excluding hydrogens is 340 g/mol. The zero-order valence-corrected chi connectivity index (χ0v) is 14.2. The molecule has 3 aromatic rings. The average Bonchev–Trinajstić information content (AvgIpc) is 3.36. The lowest BCUT2D eigenvalue weighted by atomic mass is 10.0. The molecule has 1 amide bonds. The van der Waals surface area contributed by atoms with Crippen molar-refractivity contribution in [2.75, 3.05) is 18.0 Å². The van der Waals surface area contributed by atoms with Crippen LogP contribution < -0.4 is 15.9 Å². The summed E-state index contributed by atoms with van der Waals surface area (Å²) in [4.78, 5) is 31.4. The number of anilines is 1. The maximum atomic E-state index is 12.1. The van der Waals surface area contributed by atoms with Gasteiger partial charge < -0.3 is 20.2 Å². The van der Waals surface area contributed by atoms with Crippen LogP contribution in [0.25, 0.3) is 10.6 Å². The highest BCUT2D eigenvalue weighted by Gasteiger charge is 2.23. The molecule has 1 aliphatic heterocycles. The fourth-order valence-electron chi connectivity index (χ4n) is 3.00. The van der Waals surface area contributed by atoms with Crippen LogP contribution in [0, 0.1) is 0 Å². The van der Waals surface area contributed by atoms with Gasteiger partial charge in [0.05, 0.1) is 10.6 Å². The lowest BCUT2D eigenvalue weighted by Gasteiger charge is -2.32. The van der Waals surface area contributed by atoms with Crippen LogP contribution in [0.1, 0.15) is 23.3 Å². The number of hydrogen-bond donors (Lipinski definition) is 4. The van der Waals surface area contributed by atoms with E-state index < -0.39 is 0 Å². The molecule has 0 bridgehead atoms. The maximum Gasteiger partial charge on any atom is 0.323 e. The van der Waals surface area contributed by atoms with Crippen LogP contribution in [0.15, 0.2) is 34.6 Å². The summed E-state index contributed by atoms with van der Waals surface area (Å²) in [6.07, 6.45) is 3.06. The Hall–Kier alpha value is -2.81. The second kappa shape index (κ2) is 6.60. The Morgan fingerprint density at radius 2 is 2.20 bits per heavy atom. The molecule has 1 saturated heterocycles. The van der Waals surface area contributed by atoms with E-state index in [0.717, 1.165) is 37.4 Å². The minimum Gasteiger partial charge on any atom is -0.355 e. The molecule has 9 heteroatoms. The minimum absolute atomic E-state index is 0.0952. The van der Waals surface area contributed by atoms with Gasteiger partial charge in [0.15, 0.2) is 5.82 Å². The molecule has 25 heavy (non-hydrogen) atoms. The summed E-state index contributed by atoms with van der Waals surface area (Å²) in [5.74, 6) is 0.680. The van der Waals surface area contributed by atoms with Gasteiger partial charge in [-0.3, -0.25) is 9.89 Å². The SMILES string of the molecule is O=C(NC1CCN(c2cc(-c3cccs3)[nH]n2)CC1)c1c[nH]c(=O)[nH]1. The normalized spacial score (nSPS) is 15.4. The molecule has 0 saturated carbocycles. The third-order valence-corrected chi connectivity index (χ3v) is 5.25. The lowest BCUT2D eigenvalue weighted by molar-refractivity contribution is 0.0926. The number of imidazole rings is 1. The molecule has 0 aliphatic carbocycles. The second-order valence-corrected chi connectivity index (χ2v) is 6.96. The summed E-state index contributed by atoms with van der Waals surface area (Å²) < 4.78 is 0. The number of aromatic nitrogens is 4. The van der Waals surface area contributed by atoms with Gasteiger partial charge >= 0.3 is 5.69 Å². The molecule has 0 unspecified atom stereocenters. The third kappa shape index (κ3) is 3.36. The monoisotopic (exact) mass is 358 g/mol. The summed E-state index contributed by atoms with van der Waals surface area (Å²) >= 11 is 1.68. The van der Waals surface area contributed by atoms with Crippen molar-refractivity contribution in [3.05, 3.63) is 46.0 Å². The Morgan fingerprint density at radius 1 is 1.36 bits per heavy atom. The van der Waals surface area contributed by atoms with Gasteiger partial charge in [-0.05, 0) is 24.3 Å². The van der Waals surface area contributed by atoms with Gasteiger partial charge in [0.25, 0.3) is 5.91 Å². The van der Waals surface area contributed by atoms with Crippen molar-refractivity contribution in [1.29, 1.82) is 0 Å². The van der Waals surface area contributed by atoms with Crippen molar-refractivity contribution in [3.8, 4) is 10.6 Å². The van der Waals surface area contributed by atoms with Gasteiger partial charge in [0.1, 0.15) is 5.69 Å². The number of carbonyl (C=O) groups excluding carboxylic acids is 1. The first-order valence-electron chi connectivity index (χ1n) is 8.12. The van der Waals surface area contributed by atoms with E-state index in [4.69, 9.17) is 0 Å². The van der Waals surface area contributed by atoms with Crippen molar-refractivity contribution >= 4 is 23.1 Å². The summed E-state index contributed by atoms with van der Waals surface area (Å²) in [5.41, 5.74) is 0.914. The summed E-state index contributed by atoms with van der Waals surface area (Å²) in [6.45, 7) is 1.65. The van der Waals surface area contributed by atoms with Gasteiger partial charge in [-0.25, -0.2) is 4.79 Å². The Kier molecular flexibility index (Phi) is 4.14. The standard InChI is InChI=1S/C16H18N6O2S/c23-15(12-9-17-16(24)19-12)18-10-3-5-22(6-4-10)14-8-11(20-21-14)13-2-1-7-25-13/h1-2,7-10H,3-6H2,(H,18,23)(H,20,21)(H2,17,19,24). The van der Waals surface area contributed by atoms with Gasteiger partial charge in [0, 0.05) is 31.4 Å². The van der Waals surface area contributed by atoms with E-state index in [0.29, 0.717) is 0 Å². The predicted octanol–water partition coefficient (Wildman–Crippen LogP) is 1.55. The number of nitrogens with zero attached hydrogens (tertiary/aromatic N) is 2. The van der Waals surface area contributed by atoms with Gasteiger partial charge in [-0.15, -0.1) is 11.3 Å². The Bertz CT molecular complexity index is 901. The molecule has 4 N–H and O–H groups in total. The Morgan fingerprint density at radius 3 is 2.88 bits per heavy atom. The number of amides is 1. The number of rotatable bonds is 4. The van der Waals surface area contributed by atoms with Crippen LogP contribution in [-0.4, -0.2) is 45.2 Å². The van der Waals surface area contributed by atoms with E-state index in [-0.39, 0.29) is 23.3 Å². The highest BCUT2D eigenvalue weighted by Crippen LogP contribution is 2.27. The molecule has 0 aromatic carbocycles. The van der Waals surface area contributed by atoms with Crippen LogP contribution >= 0.6 is 11.3 Å². The van der Waals surface area contributed by atoms with Gasteiger partial charge in [-0.1, -0.05) is 6.07 Å². The van der Waals surface area contributed by atoms with Gasteiger partial charge in [-0.2, -0.15) is 5.10 Å². The number of thiophene rings is 1. The summed E-state index contributed by atoms with van der Waals surface area (Å²) in [5, 5.41) is 12.5. The fourth-order valence-corrected chi connectivity index (χ4v) is 3.69. The molecule has 0 radical (unpaired) electrons. The van der Waals surface area contributed by atoms with Crippen LogP contribution in [0.2, 0.25) is 0 Å². The first kappa shape index (κ1) is 15.7. The summed E-state index contributed by atoms with van der Waals surface area (Å²) in [6, 6.07) is 6.24. The first-order valence-corrected chi connectivity index (χ1v) is 9.00. The van der Waals surface area contributed by atoms with Crippen molar-refractivity contribution in [2.24, 2.45) is 0 Å². The quantitative estimate of drug-likeness (QED) is 0.567. The first-order chi connectivity index (χ1) is 12.2. The molecule has 3 aromatic heterocycles. The minimum atomic E-state index is -0.375. The zero-order chi connectivity index (χ0) is 17.2. The number of piperidine rings is 1. The van der Waals surface area contributed by atoms with Crippen LogP contribution in [0.4, 0.5) is 5.82 Å². The van der Waals surface area contributed by atoms with Crippen LogP contribution in [0.3, 0.4) is 0 Å². The Labute approximate surface area is 147 Å². The predicted molar refractivity (Wildman–Crippen MR) is 96.0 cm³/mol. The topological polar surface area (TPSA) is 110 Å². The number of H-pyrrole nitrogens is 3. The average molecular weight is 358 g/mol. The zero-order valence-electron chi connectivity index (χ0n) is 13.4. The molecule has 1 aliphatic rings. The van der Waals surface area contributed by atoms with Crippen LogP contribution in [0.5, 0.6) is 0 Å². The molecule has 4 rings (SSSR count). The van der Waals surface area contributed by atoms with Crippen molar-refractivity contribution < 1.29 is 4.79 Å². The number of carbonyl (C=O) groups is 1. The molecule has 4 heterocycles. The Balaban J connectivity index is 1.34. The molecule has 130 valence electrons. The van der Waals surface area contributed by atoms with E-state index in [1.807, 2.05) is 11.4 Å². The summed E-state index contributed by atoms with van der Waals surface area (Å²) in [7, 11) is 0. The van der Waals surface area contributed by atoms with Crippen molar-refractivity contribution in [1.82, 2.24) is 25.5 Å². The van der Waals surface area contributed by atoms with Crippen molar-refractivity contribution in [2.45, 2.75) is 18.9 Å². The number of nitrogens with one attached hydrogen (secondary N) is 4. The molecule has 8 nitrogen and oxygen atoms in total. The molecule has 0 spiro atoms. The smallest absolute Gasteiger partial charge is 0.323 e.